The molecule has 1 saturated heterocycles. The average Bonchev–Trinajstić information content (AvgIpc) is 3.41. The van der Waals surface area contributed by atoms with Crippen LogP contribution in [0.1, 0.15) is 66.9 Å². The number of alkyl halides is 1. The van der Waals surface area contributed by atoms with Crippen molar-refractivity contribution in [3.8, 4) is 0 Å². The van der Waals surface area contributed by atoms with Crippen LogP contribution in [0.25, 0.3) is 11.2 Å². The van der Waals surface area contributed by atoms with Gasteiger partial charge in [-0.1, -0.05) is 6.92 Å². The van der Waals surface area contributed by atoms with E-state index in [9.17, 15) is 24.1 Å². The average molecular weight is 621 g/mol. The van der Waals surface area contributed by atoms with Gasteiger partial charge >= 0.3 is 19.8 Å². The molecule has 42 heavy (non-hydrogen) atoms. The Hall–Kier alpha value is -2.75. The lowest BCUT2D eigenvalue weighted by Crippen LogP contribution is -2.45. The molecule has 3 rings (SSSR count). The summed E-state index contributed by atoms with van der Waals surface area (Å²) < 4.78 is 61.8. The summed E-state index contributed by atoms with van der Waals surface area (Å²) in [6.07, 6.45) is -4.22. The molecular weight excluding hydrogens is 582 g/mol. The number of fused-ring (bicyclic) bond motifs is 1. The van der Waals surface area contributed by atoms with E-state index in [1.165, 1.54) is 11.5 Å². The number of carbonyl (C=O) groups is 2. The van der Waals surface area contributed by atoms with Crippen molar-refractivity contribution >= 4 is 30.9 Å². The summed E-state index contributed by atoms with van der Waals surface area (Å²) in [6.45, 7) is 10.3. The van der Waals surface area contributed by atoms with E-state index in [0.717, 1.165) is 6.33 Å². The van der Waals surface area contributed by atoms with Crippen LogP contribution in [0.15, 0.2) is 11.1 Å². The maximum atomic E-state index is 15.5. The van der Waals surface area contributed by atoms with E-state index in [1.807, 2.05) is 0 Å². The summed E-state index contributed by atoms with van der Waals surface area (Å²) in [5.74, 6) is -1.10. The van der Waals surface area contributed by atoms with Crippen LogP contribution in [0, 0.1) is 17.8 Å². The summed E-state index contributed by atoms with van der Waals surface area (Å²) in [7, 11) is -4.67. The number of esters is 2. The number of aliphatic hydroxyl groups excluding tert-OH is 1. The Kier molecular flexibility index (Phi) is 10.0. The Bertz CT molecular complexity index is 1360. The highest BCUT2D eigenvalue weighted by Gasteiger charge is 2.56. The fraction of sp³-hybridized carbons (Fsp3) is 0.720. The number of nitrogens with zero attached hydrogens (tertiary/aromatic N) is 3. The highest BCUT2D eigenvalue weighted by Crippen LogP contribution is 2.52. The molecule has 0 spiro atoms. The smallest absolute Gasteiger partial charge is 0.437 e. The second kappa shape index (κ2) is 12.5. The van der Waals surface area contributed by atoms with E-state index >= 15 is 4.39 Å². The maximum Gasteiger partial charge on any atom is 0.480 e. The lowest BCUT2D eigenvalue weighted by Gasteiger charge is -2.31. The maximum absolute atomic E-state index is 15.5. The fourth-order valence-electron chi connectivity index (χ4n) is 3.79. The number of hydrogen-bond donors (Lipinski definition) is 2. The third-order valence-electron chi connectivity index (χ3n) is 6.39. The fourth-order valence-corrected chi connectivity index (χ4v) is 4.75. The molecule has 0 aliphatic carbocycles. The molecule has 0 aromatic carbocycles. The Labute approximate surface area is 241 Å². The molecule has 2 aromatic rings. The first-order valence-corrected chi connectivity index (χ1v) is 14.6. The number of imidazole rings is 1. The predicted octanol–water partition coefficient (Wildman–Crippen LogP) is 3.06. The van der Waals surface area contributed by atoms with Gasteiger partial charge in [0, 0.05) is 0 Å². The predicted molar refractivity (Wildman–Crippen MR) is 143 cm³/mol. The first-order valence-electron chi connectivity index (χ1n) is 13.1. The number of phosphoric acid groups is 1. The van der Waals surface area contributed by atoms with E-state index in [0.29, 0.717) is 0 Å². The number of H-pyrrole nitrogens is 1. The molecule has 1 fully saturated rings. The van der Waals surface area contributed by atoms with Gasteiger partial charge in [-0.2, -0.15) is 0 Å². The summed E-state index contributed by atoms with van der Waals surface area (Å²) in [5, 5.41) is 10.9. The molecule has 0 radical (unpaired) electrons. The van der Waals surface area contributed by atoms with Crippen LogP contribution < -0.4 is 5.56 Å². The first-order chi connectivity index (χ1) is 19.3. The second-order valence-electron chi connectivity index (χ2n) is 11.9. The van der Waals surface area contributed by atoms with E-state index < -0.39 is 80.4 Å². The zero-order chi connectivity index (χ0) is 31.7. The molecule has 236 valence electrons. The Morgan fingerprint density at radius 2 is 1.67 bits per heavy atom. The third-order valence-corrected chi connectivity index (χ3v) is 7.67. The second-order valence-corrected chi connectivity index (χ2v) is 13.5. The van der Waals surface area contributed by atoms with Gasteiger partial charge in [-0.25, -0.2) is 28.0 Å². The molecule has 2 N–H and O–H groups in total. The van der Waals surface area contributed by atoms with Crippen molar-refractivity contribution in [3.05, 3.63) is 22.5 Å². The number of aryl methyl sites for hydroxylation is 1. The van der Waals surface area contributed by atoms with Crippen LogP contribution in [0.2, 0.25) is 0 Å². The van der Waals surface area contributed by atoms with Crippen LogP contribution in [-0.2, 0) is 41.9 Å². The molecule has 2 aromatic heterocycles. The largest absolute Gasteiger partial charge is 0.480 e. The molecule has 0 saturated carbocycles. The molecule has 15 nitrogen and oxygen atoms in total. The molecule has 3 heterocycles. The highest BCUT2D eigenvalue weighted by atomic mass is 31.2. The number of carbonyl (C=O) groups excluding carboxylic acids is 2. The molecule has 17 heteroatoms. The SMILES string of the molecule is CC[C@]1(COP(=O)(OCOC(=O)C(C)(C)C)OCOC(=O)C(C)(C)C)O[C@@H](n2cnc3c(=O)[nH]c(C)nc32)[C@H](F)[C@@H]1O. The van der Waals surface area contributed by atoms with Gasteiger partial charge < -0.3 is 24.3 Å². The van der Waals surface area contributed by atoms with Gasteiger partial charge in [0.15, 0.2) is 23.6 Å². The van der Waals surface area contributed by atoms with Gasteiger partial charge in [0.05, 0.1) is 23.8 Å². The van der Waals surface area contributed by atoms with Crippen molar-refractivity contribution < 1.29 is 51.4 Å². The Morgan fingerprint density at radius 3 is 2.17 bits per heavy atom. The van der Waals surface area contributed by atoms with Crippen molar-refractivity contribution in [2.75, 3.05) is 20.2 Å². The number of aromatic nitrogens is 4. The van der Waals surface area contributed by atoms with Crippen molar-refractivity contribution in [1.82, 2.24) is 19.5 Å². The number of nitrogens with one attached hydrogen (secondary N) is 1. The number of halogens is 1. The van der Waals surface area contributed by atoms with Gasteiger partial charge in [0.2, 0.25) is 13.6 Å². The zero-order valence-electron chi connectivity index (χ0n) is 24.8. The van der Waals surface area contributed by atoms with Crippen molar-refractivity contribution in [3.63, 3.8) is 0 Å². The molecule has 0 amide bonds. The highest BCUT2D eigenvalue weighted by molar-refractivity contribution is 7.48. The Morgan fingerprint density at radius 1 is 1.12 bits per heavy atom. The minimum Gasteiger partial charge on any atom is -0.437 e. The summed E-state index contributed by atoms with van der Waals surface area (Å²) in [5.41, 5.74) is -4.15. The number of rotatable bonds is 11. The van der Waals surface area contributed by atoms with E-state index in [1.54, 1.807) is 48.5 Å². The minimum atomic E-state index is -4.67. The summed E-state index contributed by atoms with van der Waals surface area (Å²) in [4.78, 5) is 47.2. The summed E-state index contributed by atoms with van der Waals surface area (Å²) in [6, 6.07) is 0. The van der Waals surface area contributed by atoms with Gasteiger partial charge in [0.25, 0.3) is 5.56 Å². The van der Waals surface area contributed by atoms with Gasteiger partial charge in [-0.15, -0.1) is 0 Å². The van der Waals surface area contributed by atoms with Crippen LogP contribution >= 0.6 is 7.82 Å². The van der Waals surface area contributed by atoms with Gasteiger partial charge in [-0.3, -0.25) is 23.5 Å². The van der Waals surface area contributed by atoms with Crippen molar-refractivity contribution in [2.45, 2.75) is 85.9 Å². The van der Waals surface area contributed by atoms with Crippen LogP contribution in [0.5, 0.6) is 0 Å². The van der Waals surface area contributed by atoms with Crippen molar-refractivity contribution in [2.24, 2.45) is 10.8 Å². The van der Waals surface area contributed by atoms with E-state index in [4.69, 9.17) is 27.8 Å². The van der Waals surface area contributed by atoms with Crippen LogP contribution in [0.3, 0.4) is 0 Å². The van der Waals surface area contributed by atoms with E-state index in [2.05, 4.69) is 15.0 Å². The lowest BCUT2D eigenvalue weighted by atomic mass is 9.94. The van der Waals surface area contributed by atoms with Crippen LogP contribution in [0.4, 0.5) is 4.39 Å². The van der Waals surface area contributed by atoms with Gasteiger partial charge in [-0.05, 0) is 54.9 Å². The molecule has 1 aliphatic heterocycles. The summed E-state index contributed by atoms with van der Waals surface area (Å²) >= 11 is 0. The minimum absolute atomic E-state index is 0.0302. The van der Waals surface area contributed by atoms with Gasteiger partial charge in [0.1, 0.15) is 17.5 Å². The standard InChI is InChI=1S/C25H38FN4O11P/c1-9-25(17(31)15(26)20(41-25)30-11-27-16-18(30)28-14(2)29-19(16)32)10-38-42(35,39-12-36-21(33)23(3,4)5)40-13-37-22(34)24(6,7)8/h11,15,17,20,31H,9-10,12-13H2,1-8H3,(H,28,29,32)/t15-,17+,20-,25-/m1/s1. The zero-order valence-corrected chi connectivity index (χ0v) is 25.7. The number of phosphoric ester groups is 1. The molecule has 0 bridgehead atoms. The topological polar surface area (TPSA) is 190 Å². The first kappa shape index (κ1) is 33.7. The normalized spacial score (nSPS) is 23.3. The third kappa shape index (κ3) is 7.41. The molecule has 0 unspecified atom stereocenters. The quantitative estimate of drug-likeness (QED) is 0.212. The number of hydrogen-bond acceptors (Lipinski definition) is 13. The van der Waals surface area contributed by atoms with Crippen LogP contribution in [-0.4, -0.2) is 74.6 Å². The number of aromatic amines is 1. The molecular formula is C25H38FN4O11P. The number of aliphatic hydroxyl groups is 1. The molecule has 4 atom stereocenters. The number of ether oxygens (including phenoxy) is 3. The van der Waals surface area contributed by atoms with Crippen molar-refractivity contribution in [1.29, 1.82) is 0 Å². The van der Waals surface area contributed by atoms with E-state index in [-0.39, 0.29) is 23.4 Å². The Balaban J connectivity index is 1.81. The monoisotopic (exact) mass is 620 g/mol. The molecule has 1 aliphatic rings. The lowest BCUT2D eigenvalue weighted by molar-refractivity contribution is -0.165.